The number of thiocarbonyl (C=S) groups is 1. The Morgan fingerprint density at radius 3 is 2.70 bits per heavy atom. The summed E-state index contributed by atoms with van der Waals surface area (Å²) in [6.45, 7) is 2.07. The molecule has 1 aromatic heterocycles. The molecule has 0 saturated carbocycles. The van der Waals surface area contributed by atoms with Gasteiger partial charge in [-0.3, -0.25) is 4.79 Å². The molecule has 1 heterocycles. The fourth-order valence-corrected chi connectivity index (χ4v) is 2.11. The second-order valence-corrected chi connectivity index (χ2v) is 4.87. The van der Waals surface area contributed by atoms with Crippen molar-refractivity contribution in [2.45, 2.75) is 19.4 Å². The molecule has 1 amide bonds. The summed E-state index contributed by atoms with van der Waals surface area (Å²) in [4.78, 5) is 12.4. The highest BCUT2D eigenvalue weighted by Gasteiger charge is 2.23. The molecule has 0 aliphatic rings. The van der Waals surface area contributed by atoms with E-state index >= 15 is 0 Å². The van der Waals surface area contributed by atoms with E-state index < -0.39 is 5.92 Å². The zero-order valence-electron chi connectivity index (χ0n) is 11.0. The van der Waals surface area contributed by atoms with Crippen molar-refractivity contribution in [1.82, 2.24) is 10.5 Å². The van der Waals surface area contributed by atoms with E-state index in [9.17, 15) is 4.79 Å². The molecule has 20 heavy (non-hydrogen) atoms. The van der Waals surface area contributed by atoms with Gasteiger partial charge in [-0.1, -0.05) is 47.7 Å². The zero-order chi connectivity index (χ0) is 14.5. The van der Waals surface area contributed by atoms with Crippen molar-refractivity contribution >= 4 is 23.1 Å². The van der Waals surface area contributed by atoms with Gasteiger partial charge in [0.2, 0.25) is 5.91 Å². The second-order valence-electron chi connectivity index (χ2n) is 4.40. The van der Waals surface area contributed by atoms with Crippen LogP contribution in [0.15, 0.2) is 40.9 Å². The summed E-state index contributed by atoms with van der Waals surface area (Å²) in [5.74, 6) is -0.307. The molecular weight excluding hydrogens is 274 g/mol. The van der Waals surface area contributed by atoms with Crippen LogP contribution in [0.5, 0.6) is 0 Å². The van der Waals surface area contributed by atoms with Crippen molar-refractivity contribution in [2.24, 2.45) is 5.73 Å². The quantitative estimate of drug-likeness (QED) is 0.818. The van der Waals surface area contributed by atoms with Gasteiger partial charge in [-0.05, 0) is 12.5 Å². The number of aryl methyl sites for hydroxylation is 1. The Kier molecular flexibility index (Phi) is 4.47. The van der Waals surface area contributed by atoms with Gasteiger partial charge in [-0.25, -0.2) is 0 Å². The zero-order valence-corrected chi connectivity index (χ0v) is 11.8. The van der Waals surface area contributed by atoms with Crippen LogP contribution in [0.2, 0.25) is 0 Å². The van der Waals surface area contributed by atoms with E-state index in [2.05, 4.69) is 10.5 Å². The van der Waals surface area contributed by atoms with Gasteiger partial charge in [-0.2, -0.15) is 0 Å². The standard InChI is InChI=1S/C14H15N3O2S/c1-9-7-11(19-17-9)8-16-14(18)12(13(15)20)10-5-3-2-4-6-10/h2-7,12H,8H2,1H3,(H2,15,20)(H,16,18). The highest BCUT2D eigenvalue weighted by atomic mass is 32.1. The fraction of sp³-hybridized carbons (Fsp3) is 0.214. The lowest BCUT2D eigenvalue weighted by atomic mass is 9.98. The largest absolute Gasteiger partial charge is 0.392 e. The number of hydrogen-bond acceptors (Lipinski definition) is 4. The van der Waals surface area contributed by atoms with Gasteiger partial charge in [0.05, 0.1) is 17.2 Å². The van der Waals surface area contributed by atoms with Gasteiger partial charge in [0.25, 0.3) is 0 Å². The summed E-state index contributed by atoms with van der Waals surface area (Å²) in [7, 11) is 0. The normalized spacial score (nSPS) is 11.8. The number of nitrogens with two attached hydrogens (primary N) is 1. The number of benzene rings is 1. The van der Waals surface area contributed by atoms with Crippen molar-refractivity contribution in [1.29, 1.82) is 0 Å². The van der Waals surface area contributed by atoms with Gasteiger partial charge in [0.1, 0.15) is 5.92 Å². The van der Waals surface area contributed by atoms with Crippen LogP contribution < -0.4 is 11.1 Å². The maximum atomic E-state index is 12.2. The van der Waals surface area contributed by atoms with E-state index in [1.54, 1.807) is 6.07 Å². The molecular formula is C14H15N3O2S. The van der Waals surface area contributed by atoms with E-state index in [1.807, 2.05) is 37.3 Å². The average Bonchev–Trinajstić information content (AvgIpc) is 2.83. The topological polar surface area (TPSA) is 81.2 Å². The first-order chi connectivity index (χ1) is 9.58. The Hall–Kier alpha value is -2.21. The lowest BCUT2D eigenvalue weighted by Gasteiger charge is -2.15. The van der Waals surface area contributed by atoms with Crippen LogP contribution in [0.3, 0.4) is 0 Å². The molecule has 1 unspecified atom stereocenters. The molecule has 0 saturated heterocycles. The third-order valence-electron chi connectivity index (χ3n) is 2.79. The number of carbonyl (C=O) groups excluding carboxylic acids is 1. The first kappa shape index (κ1) is 14.2. The maximum Gasteiger partial charge on any atom is 0.234 e. The van der Waals surface area contributed by atoms with Crippen LogP contribution >= 0.6 is 12.2 Å². The second kappa shape index (κ2) is 6.29. The summed E-state index contributed by atoms with van der Waals surface area (Å²) in [6, 6.07) is 11.0. The van der Waals surface area contributed by atoms with Crippen LogP contribution in [-0.2, 0) is 11.3 Å². The molecule has 0 spiro atoms. The van der Waals surface area contributed by atoms with E-state index in [-0.39, 0.29) is 17.4 Å². The summed E-state index contributed by atoms with van der Waals surface area (Å²) < 4.78 is 5.03. The Morgan fingerprint density at radius 1 is 1.45 bits per heavy atom. The minimum atomic E-state index is -0.643. The van der Waals surface area contributed by atoms with Crippen molar-refractivity contribution < 1.29 is 9.32 Å². The number of nitrogens with one attached hydrogen (secondary N) is 1. The van der Waals surface area contributed by atoms with Gasteiger partial charge in [0.15, 0.2) is 5.76 Å². The molecule has 3 N–H and O–H groups in total. The Bertz CT molecular complexity index is 610. The molecule has 5 nitrogen and oxygen atoms in total. The molecule has 2 rings (SSSR count). The van der Waals surface area contributed by atoms with Crippen LogP contribution in [-0.4, -0.2) is 16.1 Å². The summed E-state index contributed by atoms with van der Waals surface area (Å²) in [5, 5.41) is 6.51. The van der Waals surface area contributed by atoms with Gasteiger partial charge in [0, 0.05) is 6.07 Å². The van der Waals surface area contributed by atoms with Crippen LogP contribution in [0, 0.1) is 6.92 Å². The van der Waals surface area contributed by atoms with Crippen LogP contribution in [0.4, 0.5) is 0 Å². The summed E-state index contributed by atoms with van der Waals surface area (Å²) in [5.41, 5.74) is 7.21. The van der Waals surface area contributed by atoms with Crippen molar-refractivity contribution in [3.05, 3.63) is 53.4 Å². The highest BCUT2D eigenvalue weighted by Crippen LogP contribution is 2.16. The van der Waals surface area contributed by atoms with Crippen molar-refractivity contribution in [2.75, 3.05) is 0 Å². The Morgan fingerprint density at radius 2 is 2.15 bits per heavy atom. The third kappa shape index (κ3) is 3.42. The average molecular weight is 289 g/mol. The molecule has 0 radical (unpaired) electrons. The molecule has 0 fully saturated rings. The first-order valence-corrected chi connectivity index (χ1v) is 6.53. The van der Waals surface area contributed by atoms with E-state index in [4.69, 9.17) is 22.5 Å². The molecule has 6 heteroatoms. The van der Waals surface area contributed by atoms with E-state index in [1.165, 1.54) is 0 Å². The molecule has 0 bridgehead atoms. The maximum absolute atomic E-state index is 12.2. The van der Waals surface area contributed by atoms with E-state index in [0.29, 0.717) is 5.76 Å². The van der Waals surface area contributed by atoms with Crippen molar-refractivity contribution in [3.63, 3.8) is 0 Å². The lowest BCUT2D eigenvalue weighted by Crippen LogP contribution is -2.35. The number of carbonyl (C=O) groups is 1. The number of aromatic nitrogens is 1. The Balaban J connectivity index is 2.06. The smallest absolute Gasteiger partial charge is 0.234 e. The van der Waals surface area contributed by atoms with Crippen LogP contribution in [0.1, 0.15) is 22.9 Å². The number of nitrogens with zero attached hydrogens (tertiary/aromatic N) is 1. The van der Waals surface area contributed by atoms with Gasteiger partial charge < -0.3 is 15.6 Å². The molecule has 0 aliphatic heterocycles. The predicted molar refractivity (Wildman–Crippen MR) is 79.1 cm³/mol. The minimum Gasteiger partial charge on any atom is -0.392 e. The predicted octanol–water partition coefficient (Wildman–Crippen LogP) is 1.67. The van der Waals surface area contributed by atoms with Gasteiger partial charge >= 0.3 is 0 Å². The lowest BCUT2D eigenvalue weighted by molar-refractivity contribution is -0.121. The molecule has 104 valence electrons. The monoisotopic (exact) mass is 289 g/mol. The molecule has 0 aliphatic carbocycles. The molecule has 2 aromatic rings. The SMILES string of the molecule is Cc1cc(CNC(=O)C(C(N)=S)c2ccccc2)on1. The van der Waals surface area contributed by atoms with Gasteiger partial charge in [-0.15, -0.1) is 0 Å². The highest BCUT2D eigenvalue weighted by molar-refractivity contribution is 7.80. The summed E-state index contributed by atoms with van der Waals surface area (Å²) in [6.07, 6.45) is 0. The first-order valence-electron chi connectivity index (χ1n) is 6.12. The fourth-order valence-electron chi connectivity index (χ4n) is 1.87. The van der Waals surface area contributed by atoms with Crippen LogP contribution in [0.25, 0.3) is 0 Å². The number of hydrogen-bond donors (Lipinski definition) is 2. The Labute approximate surface area is 122 Å². The van der Waals surface area contributed by atoms with E-state index in [0.717, 1.165) is 11.3 Å². The third-order valence-corrected chi connectivity index (χ3v) is 3.03. The molecule has 1 atom stereocenters. The summed E-state index contributed by atoms with van der Waals surface area (Å²) >= 11 is 4.99. The number of amides is 1. The molecule has 1 aromatic carbocycles. The minimum absolute atomic E-state index is 0.141. The number of rotatable bonds is 5. The van der Waals surface area contributed by atoms with Crippen molar-refractivity contribution in [3.8, 4) is 0 Å².